The molecule has 0 aliphatic rings. The number of nitrogens with zero attached hydrogens (tertiary/aromatic N) is 1. The Kier molecular flexibility index (Phi) is 3.52. The molecule has 2 aromatic rings. The molecule has 3 N–H and O–H groups in total. The Morgan fingerprint density at radius 2 is 2.18 bits per heavy atom. The van der Waals surface area contributed by atoms with Gasteiger partial charge in [0.25, 0.3) is 0 Å². The van der Waals surface area contributed by atoms with Gasteiger partial charge in [-0.15, -0.1) is 0 Å². The highest BCUT2D eigenvalue weighted by molar-refractivity contribution is 5.92. The van der Waals surface area contributed by atoms with Crippen LogP contribution in [0.15, 0.2) is 36.5 Å². The van der Waals surface area contributed by atoms with E-state index in [9.17, 15) is 4.79 Å². The number of carbonyl (C=O) groups excluding carboxylic acids is 1. The first-order chi connectivity index (χ1) is 8.29. The van der Waals surface area contributed by atoms with Crippen molar-refractivity contribution in [3.05, 3.63) is 47.8 Å². The second-order valence-electron chi connectivity index (χ2n) is 3.62. The zero-order valence-electron chi connectivity index (χ0n) is 9.18. The maximum Gasteiger partial charge on any atom is 0.230 e. The summed E-state index contributed by atoms with van der Waals surface area (Å²) in [6.07, 6.45) is 1.84. The second kappa shape index (κ2) is 5.27. The smallest absolute Gasteiger partial charge is 0.230 e. The fourth-order valence-corrected chi connectivity index (χ4v) is 1.53. The summed E-state index contributed by atoms with van der Waals surface area (Å²) in [5.74, 6) is -0.143. The molecule has 0 unspecified atom stereocenters. The van der Waals surface area contributed by atoms with Crippen LogP contribution in [-0.4, -0.2) is 21.2 Å². The average molecular weight is 231 g/mol. The first-order valence-corrected chi connectivity index (χ1v) is 5.26. The molecular weight excluding hydrogens is 218 g/mol. The van der Waals surface area contributed by atoms with Gasteiger partial charge in [-0.25, -0.2) is 0 Å². The molecule has 1 aromatic heterocycles. The minimum absolute atomic E-state index is 0.0967. The number of aliphatic hydroxyl groups is 1. The van der Waals surface area contributed by atoms with Crippen LogP contribution in [0.25, 0.3) is 0 Å². The number of H-pyrrole nitrogens is 1. The molecule has 17 heavy (non-hydrogen) atoms. The van der Waals surface area contributed by atoms with Gasteiger partial charge in [0, 0.05) is 23.1 Å². The number of hydrogen-bond acceptors (Lipinski definition) is 3. The van der Waals surface area contributed by atoms with Crippen molar-refractivity contribution < 1.29 is 9.90 Å². The van der Waals surface area contributed by atoms with Crippen LogP contribution in [0.5, 0.6) is 0 Å². The van der Waals surface area contributed by atoms with Gasteiger partial charge in [-0.1, -0.05) is 18.2 Å². The normalized spacial score (nSPS) is 10.2. The Morgan fingerprint density at radius 3 is 2.88 bits per heavy atom. The van der Waals surface area contributed by atoms with Gasteiger partial charge in [0.15, 0.2) is 0 Å². The molecule has 0 aliphatic heterocycles. The summed E-state index contributed by atoms with van der Waals surface area (Å²) in [6, 6.07) is 8.90. The number of para-hydroxylation sites is 1. The third-order valence-corrected chi connectivity index (χ3v) is 2.37. The number of anilines is 1. The number of amides is 1. The van der Waals surface area contributed by atoms with E-state index in [4.69, 9.17) is 5.11 Å². The van der Waals surface area contributed by atoms with Crippen LogP contribution in [-0.2, 0) is 17.8 Å². The molecule has 88 valence electrons. The minimum Gasteiger partial charge on any atom is -0.392 e. The lowest BCUT2D eigenvalue weighted by Crippen LogP contribution is -2.15. The van der Waals surface area contributed by atoms with Crippen LogP contribution in [0.4, 0.5) is 5.69 Å². The highest BCUT2D eigenvalue weighted by Crippen LogP contribution is 2.14. The largest absolute Gasteiger partial charge is 0.392 e. The molecule has 0 atom stereocenters. The van der Waals surface area contributed by atoms with Crippen LogP contribution in [0, 0.1) is 0 Å². The summed E-state index contributed by atoms with van der Waals surface area (Å²) in [6.45, 7) is -0.0967. The van der Waals surface area contributed by atoms with Gasteiger partial charge in [0.05, 0.1) is 13.0 Å². The molecule has 0 spiro atoms. The van der Waals surface area contributed by atoms with E-state index in [0.717, 1.165) is 5.69 Å². The summed E-state index contributed by atoms with van der Waals surface area (Å²) in [7, 11) is 0. The number of aliphatic hydroxyl groups excluding tert-OH is 1. The van der Waals surface area contributed by atoms with Crippen LogP contribution < -0.4 is 5.32 Å². The van der Waals surface area contributed by atoms with Crippen LogP contribution >= 0.6 is 0 Å². The van der Waals surface area contributed by atoms with Gasteiger partial charge in [-0.05, 0) is 12.1 Å². The van der Waals surface area contributed by atoms with Crippen molar-refractivity contribution in [3.63, 3.8) is 0 Å². The highest BCUT2D eigenvalue weighted by Gasteiger charge is 2.07. The maximum absolute atomic E-state index is 11.7. The molecule has 1 aromatic carbocycles. The lowest BCUT2D eigenvalue weighted by molar-refractivity contribution is -0.115. The summed E-state index contributed by atoms with van der Waals surface area (Å²) in [5, 5.41) is 18.4. The van der Waals surface area contributed by atoms with E-state index >= 15 is 0 Å². The number of benzene rings is 1. The van der Waals surface area contributed by atoms with Crippen molar-refractivity contribution in [2.24, 2.45) is 0 Å². The lowest BCUT2D eigenvalue weighted by atomic mass is 10.2. The third kappa shape index (κ3) is 2.92. The number of aromatic amines is 1. The lowest BCUT2D eigenvalue weighted by Gasteiger charge is -2.08. The monoisotopic (exact) mass is 231 g/mol. The molecule has 1 heterocycles. The topological polar surface area (TPSA) is 78.0 Å². The Morgan fingerprint density at radius 1 is 1.35 bits per heavy atom. The predicted molar refractivity (Wildman–Crippen MR) is 63.3 cm³/mol. The molecule has 5 heteroatoms. The zero-order chi connectivity index (χ0) is 12.1. The van der Waals surface area contributed by atoms with Crippen molar-refractivity contribution in [3.8, 4) is 0 Å². The van der Waals surface area contributed by atoms with Crippen molar-refractivity contribution in [2.45, 2.75) is 13.0 Å². The van der Waals surface area contributed by atoms with E-state index in [1.54, 1.807) is 24.4 Å². The first-order valence-electron chi connectivity index (χ1n) is 5.26. The molecule has 0 radical (unpaired) electrons. The number of nitrogens with one attached hydrogen (secondary N) is 2. The van der Waals surface area contributed by atoms with E-state index < -0.39 is 0 Å². The number of hydrogen-bond donors (Lipinski definition) is 3. The number of aromatic nitrogens is 2. The number of carbonyl (C=O) groups is 1. The summed E-state index contributed by atoms with van der Waals surface area (Å²) < 4.78 is 0. The molecule has 2 rings (SSSR count). The molecule has 0 aliphatic carbocycles. The Hall–Kier alpha value is -2.14. The van der Waals surface area contributed by atoms with Crippen molar-refractivity contribution in [1.29, 1.82) is 0 Å². The van der Waals surface area contributed by atoms with Gasteiger partial charge in [0.1, 0.15) is 0 Å². The van der Waals surface area contributed by atoms with Gasteiger partial charge in [0.2, 0.25) is 5.91 Å². The van der Waals surface area contributed by atoms with Gasteiger partial charge < -0.3 is 10.4 Å². The fraction of sp³-hybridized carbons (Fsp3) is 0.167. The Bertz CT molecular complexity index is 494. The van der Waals surface area contributed by atoms with Crippen LogP contribution in [0.1, 0.15) is 11.3 Å². The Balaban J connectivity index is 2.03. The average Bonchev–Trinajstić information content (AvgIpc) is 2.82. The van der Waals surface area contributed by atoms with E-state index in [1.807, 2.05) is 12.1 Å². The van der Waals surface area contributed by atoms with E-state index in [-0.39, 0.29) is 18.9 Å². The molecule has 1 amide bonds. The molecule has 0 saturated heterocycles. The SMILES string of the molecule is O=C(Cc1ccn[nH]1)Nc1ccccc1CO. The third-order valence-electron chi connectivity index (χ3n) is 2.37. The van der Waals surface area contributed by atoms with Crippen molar-refractivity contribution in [1.82, 2.24) is 10.2 Å². The minimum atomic E-state index is -0.143. The maximum atomic E-state index is 11.7. The van der Waals surface area contributed by atoms with Crippen LogP contribution in [0.3, 0.4) is 0 Å². The standard InChI is InChI=1S/C12H13N3O2/c16-8-9-3-1-2-4-11(9)14-12(17)7-10-5-6-13-15-10/h1-6,16H,7-8H2,(H,13,15)(H,14,17). The van der Waals surface area contributed by atoms with E-state index in [0.29, 0.717) is 11.3 Å². The van der Waals surface area contributed by atoms with Crippen molar-refractivity contribution in [2.75, 3.05) is 5.32 Å². The summed E-state index contributed by atoms with van der Waals surface area (Å²) in [5.41, 5.74) is 2.09. The quantitative estimate of drug-likeness (QED) is 0.736. The second-order valence-corrected chi connectivity index (χ2v) is 3.62. The number of rotatable bonds is 4. The van der Waals surface area contributed by atoms with E-state index in [1.165, 1.54) is 0 Å². The van der Waals surface area contributed by atoms with Gasteiger partial charge in [-0.2, -0.15) is 5.10 Å². The van der Waals surface area contributed by atoms with Crippen LogP contribution in [0.2, 0.25) is 0 Å². The van der Waals surface area contributed by atoms with Gasteiger partial charge in [-0.3, -0.25) is 9.89 Å². The molecule has 0 saturated carbocycles. The fourth-order valence-electron chi connectivity index (χ4n) is 1.53. The molecule has 5 nitrogen and oxygen atoms in total. The molecule has 0 bridgehead atoms. The summed E-state index contributed by atoms with van der Waals surface area (Å²) >= 11 is 0. The zero-order valence-corrected chi connectivity index (χ0v) is 9.18. The Labute approximate surface area is 98.5 Å². The van der Waals surface area contributed by atoms with E-state index in [2.05, 4.69) is 15.5 Å². The molecule has 0 fully saturated rings. The first kappa shape index (κ1) is 11.3. The highest BCUT2D eigenvalue weighted by atomic mass is 16.3. The van der Waals surface area contributed by atoms with Gasteiger partial charge >= 0.3 is 0 Å². The van der Waals surface area contributed by atoms with Crippen molar-refractivity contribution >= 4 is 11.6 Å². The molecular formula is C12H13N3O2. The summed E-state index contributed by atoms with van der Waals surface area (Å²) in [4.78, 5) is 11.7. The predicted octanol–water partition coefficient (Wildman–Crippen LogP) is 1.08.